The molecule has 0 rings (SSSR count). The average Bonchev–Trinajstić information content (AvgIpc) is 2.34. The maximum absolute atomic E-state index is 10.8. The van der Waals surface area contributed by atoms with Crippen molar-refractivity contribution in [2.75, 3.05) is 33.0 Å². The van der Waals surface area contributed by atoms with E-state index in [-0.39, 0.29) is 30.1 Å². The Bertz CT molecular complexity index is 315. The van der Waals surface area contributed by atoms with Crippen LogP contribution in [0, 0.1) is 4.91 Å². The molecule has 0 aromatic carbocycles. The van der Waals surface area contributed by atoms with Crippen LogP contribution in [0.15, 0.2) is 5.18 Å². The number of carbonyl (C=O) groups is 1. The number of ether oxygens (including phenoxy) is 3. The molecule has 0 saturated carbocycles. The van der Waals surface area contributed by atoms with Crippen LogP contribution < -0.4 is 0 Å². The van der Waals surface area contributed by atoms with Crippen molar-refractivity contribution in [1.82, 2.24) is 0 Å². The Labute approximate surface area is 127 Å². The van der Waals surface area contributed by atoms with Crippen LogP contribution in [-0.4, -0.2) is 50.0 Å². The second-order valence-electron chi connectivity index (χ2n) is 6.32. The summed E-state index contributed by atoms with van der Waals surface area (Å²) in [7, 11) is 0. The summed E-state index contributed by atoms with van der Waals surface area (Å²) >= 11 is 0. The largest absolute Gasteiger partial charge is 0.375 e. The molecule has 0 aromatic rings. The van der Waals surface area contributed by atoms with E-state index in [1.165, 1.54) is 6.92 Å². The van der Waals surface area contributed by atoms with Gasteiger partial charge in [0.1, 0.15) is 13.2 Å². The fraction of sp³-hybridized carbons (Fsp3) is 0.933. The van der Waals surface area contributed by atoms with Crippen LogP contribution in [0.1, 0.15) is 47.5 Å². The quantitative estimate of drug-likeness (QED) is 0.386. The van der Waals surface area contributed by atoms with Gasteiger partial charge in [-0.15, -0.1) is 0 Å². The van der Waals surface area contributed by atoms with E-state index >= 15 is 0 Å². The summed E-state index contributed by atoms with van der Waals surface area (Å²) < 4.78 is 16.7. The molecule has 0 heterocycles. The number of Topliss-reactive ketones (excluding diaryl/α,β-unsaturated/α-hetero) is 1. The molecule has 6 heteroatoms. The number of rotatable bonds is 13. The lowest BCUT2D eigenvalue weighted by atomic mass is 10.0. The molecule has 0 N–H and O–H groups in total. The highest BCUT2D eigenvalue weighted by Crippen LogP contribution is 2.19. The van der Waals surface area contributed by atoms with Gasteiger partial charge in [0.2, 0.25) is 0 Å². The second-order valence-corrected chi connectivity index (χ2v) is 6.32. The van der Waals surface area contributed by atoms with Gasteiger partial charge in [0.25, 0.3) is 0 Å². The predicted octanol–water partition coefficient (Wildman–Crippen LogP) is 2.73. The van der Waals surface area contributed by atoms with Crippen LogP contribution in [0.4, 0.5) is 0 Å². The van der Waals surface area contributed by atoms with E-state index in [2.05, 4.69) is 5.18 Å². The van der Waals surface area contributed by atoms with Gasteiger partial charge in [-0.3, -0.25) is 4.79 Å². The molecular weight excluding hydrogens is 274 g/mol. The Morgan fingerprint density at radius 2 is 1.48 bits per heavy atom. The normalized spacial score (nSPS) is 12.4. The van der Waals surface area contributed by atoms with Crippen molar-refractivity contribution in [2.24, 2.45) is 5.18 Å². The van der Waals surface area contributed by atoms with Gasteiger partial charge >= 0.3 is 0 Å². The number of hydrogen-bond donors (Lipinski definition) is 0. The molecule has 0 fully saturated rings. The Morgan fingerprint density at radius 3 is 2.00 bits per heavy atom. The lowest BCUT2D eigenvalue weighted by Crippen LogP contribution is -2.32. The molecule has 0 aromatic heterocycles. The highest BCUT2D eigenvalue weighted by molar-refractivity contribution is 5.76. The van der Waals surface area contributed by atoms with Crippen molar-refractivity contribution < 1.29 is 19.0 Å². The lowest BCUT2D eigenvalue weighted by molar-refractivity contribution is -0.122. The first kappa shape index (κ1) is 20.1. The summed E-state index contributed by atoms with van der Waals surface area (Å²) in [6, 6.07) is 0. The van der Waals surface area contributed by atoms with Gasteiger partial charge in [-0.2, -0.15) is 4.91 Å². The number of ketones is 1. The van der Waals surface area contributed by atoms with Gasteiger partial charge in [-0.1, -0.05) is 5.18 Å². The van der Waals surface area contributed by atoms with Crippen LogP contribution in [0.3, 0.4) is 0 Å². The first-order valence-corrected chi connectivity index (χ1v) is 7.33. The fourth-order valence-electron chi connectivity index (χ4n) is 1.61. The third-order valence-electron chi connectivity index (χ3n) is 3.03. The van der Waals surface area contributed by atoms with E-state index < -0.39 is 0 Å². The summed E-state index contributed by atoms with van der Waals surface area (Å²) in [6.07, 6.45) is 1.44. The molecule has 0 spiro atoms. The van der Waals surface area contributed by atoms with E-state index in [1.54, 1.807) is 0 Å². The summed E-state index contributed by atoms with van der Waals surface area (Å²) in [5, 5.41) is 2.77. The molecule has 21 heavy (non-hydrogen) atoms. The van der Waals surface area contributed by atoms with Crippen molar-refractivity contribution >= 4 is 5.78 Å². The Morgan fingerprint density at radius 1 is 0.952 bits per heavy atom. The third kappa shape index (κ3) is 12.6. The zero-order valence-electron chi connectivity index (χ0n) is 13.9. The van der Waals surface area contributed by atoms with Gasteiger partial charge in [0.15, 0.2) is 5.78 Å². The van der Waals surface area contributed by atoms with Gasteiger partial charge in [-0.05, 0) is 47.5 Å². The molecule has 0 unspecified atom stereocenters. The van der Waals surface area contributed by atoms with Crippen molar-refractivity contribution in [3.8, 4) is 0 Å². The summed E-state index contributed by atoms with van der Waals surface area (Å²) in [5.41, 5.74) is -0.650. The third-order valence-corrected chi connectivity index (χ3v) is 3.03. The molecule has 0 amide bonds. The highest BCUT2D eigenvalue weighted by Gasteiger charge is 2.22. The zero-order chi connectivity index (χ0) is 16.4. The van der Waals surface area contributed by atoms with Crippen molar-refractivity contribution in [2.45, 2.75) is 58.7 Å². The summed E-state index contributed by atoms with van der Waals surface area (Å²) in [4.78, 5) is 20.8. The highest BCUT2D eigenvalue weighted by atomic mass is 16.5. The molecule has 0 bridgehead atoms. The Kier molecular flexibility index (Phi) is 9.57. The Hall–Kier alpha value is -0.850. The van der Waals surface area contributed by atoms with E-state index in [0.29, 0.717) is 19.8 Å². The smallest absolute Gasteiger partial charge is 0.155 e. The minimum atomic E-state index is -0.341. The maximum atomic E-state index is 10.8. The first-order chi connectivity index (χ1) is 9.68. The number of carbonyl (C=O) groups excluding carboxylic acids is 1. The van der Waals surface area contributed by atoms with E-state index in [1.807, 2.05) is 27.7 Å². The molecule has 0 atom stereocenters. The molecule has 124 valence electrons. The zero-order valence-corrected chi connectivity index (χ0v) is 13.9. The summed E-state index contributed by atoms with van der Waals surface area (Å²) in [5.74, 6) is 0.0254. The van der Waals surface area contributed by atoms with Gasteiger partial charge in [-0.25, -0.2) is 0 Å². The number of hydrogen-bond acceptors (Lipinski definition) is 6. The van der Waals surface area contributed by atoms with Crippen molar-refractivity contribution in [1.29, 1.82) is 0 Å². The average molecular weight is 303 g/mol. The molecular formula is C15H29NO5. The SMILES string of the molecule is CC(=O)COCCC(C)(C)OCCC(C)(C)OCCN=O. The summed E-state index contributed by atoms with van der Waals surface area (Å²) in [6.45, 7) is 11.1. The van der Waals surface area contributed by atoms with Gasteiger partial charge in [0.05, 0.1) is 24.4 Å². The standard InChI is InChI=1S/C15H29NO5/c1-13(17)12-19-9-6-14(2,3)20-10-7-15(4,5)21-11-8-16-18/h6-12H2,1-5H3. The van der Waals surface area contributed by atoms with Crippen molar-refractivity contribution in [3.63, 3.8) is 0 Å². The molecule has 0 saturated heterocycles. The predicted molar refractivity (Wildman–Crippen MR) is 81.5 cm³/mol. The van der Waals surface area contributed by atoms with E-state index in [0.717, 1.165) is 12.8 Å². The lowest BCUT2D eigenvalue weighted by Gasteiger charge is -2.29. The molecule has 0 aliphatic rings. The van der Waals surface area contributed by atoms with E-state index in [9.17, 15) is 9.70 Å². The van der Waals surface area contributed by atoms with Crippen LogP contribution in [0.25, 0.3) is 0 Å². The Balaban J connectivity index is 3.85. The minimum absolute atomic E-state index is 0.0254. The molecule has 0 radical (unpaired) electrons. The van der Waals surface area contributed by atoms with Gasteiger partial charge in [0, 0.05) is 6.61 Å². The topological polar surface area (TPSA) is 74.2 Å². The first-order valence-electron chi connectivity index (χ1n) is 7.33. The monoisotopic (exact) mass is 303 g/mol. The number of nitroso groups, excluding NO2 is 1. The minimum Gasteiger partial charge on any atom is -0.375 e. The van der Waals surface area contributed by atoms with Crippen LogP contribution in [0.5, 0.6) is 0 Å². The molecule has 0 aliphatic heterocycles. The second kappa shape index (κ2) is 9.97. The van der Waals surface area contributed by atoms with Crippen LogP contribution in [-0.2, 0) is 19.0 Å². The fourth-order valence-corrected chi connectivity index (χ4v) is 1.61. The van der Waals surface area contributed by atoms with E-state index in [4.69, 9.17) is 14.2 Å². The van der Waals surface area contributed by atoms with Crippen molar-refractivity contribution in [3.05, 3.63) is 4.91 Å². The van der Waals surface area contributed by atoms with Crippen LogP contribution >= 0.6 is 0 Å². The maximum Gasteiger partial charge on any atom is 0.155 e. The molecule has 6 nitrogen and oxygen atoms in total. The van der Waals surface area contributed by atoms with Crippen LogP contribution in [0.2, 0.25) is 0 Å². The molecule has 0 aliphatic carbocycles. The van der Waals surface area contributed by atoms with Gasteiger partial charge < -0.3 is 14.2 Å². The number of nitrogens with zero attached hydrogens (tertiary/aromatic N) is 1.